The highest BCUT2D eigenvalue weighted by atomic mass is 16.7. The molecule has 2 fully saturated rings. The Morgan fingerprint density at radius 2 is 2.09 bits per heavy atom. The fraction of sp³-hybridized carbons (Fsp3) is 0.562. The fourth-order valence-corrected chi connectivity index (χ4v) is 3.54. The van der Waals surface area contributed by atoms with Gasteiger partial charge in [-0.2, -0.15) is 0 Å². The number of hydrogen-bond donors (Lipinski definition) is 2. The summed E-state index contributed by atoms with van der Waals surface area (Å²) < 4.78 is 10.6. The molecule has 1 aromatic rings. The third-order valence-electron chi connectivity index (χ3n) is 4.63. The van der Waals surface area contributed by atoms with Crippen molar-refractivity contribution in [1.29, 1.82) is 0 Å². The Morgan fingerprint density at radius 1 is 1.23 bits per heavy atom. The molecular weight excluding hydrogens is 282 g/mol. The van der Waals surface area contributed by atoms with Crippen LogP contribution in [0, 0.1) is 0 Å². The van der Waals surface area contributed by atoms with E-state index in [2.05, 4.69) is 15.5 Å². The van der Waals surface area contributed by atoms with Crippen LogP contribution in [0.15, 0.2) is 18.2 Å². The van der Waals surface area contributed by atoms with E-state index in [0.29, 0.717) is 24.4 Å². The molecule has 2 bridgehead atoms. The van der Waals surface area contributed by atoms with Crippen molar-refractivity contribution in [1.82, 2.24) is 10.2 Å². The molecule has 0 spiro atoms. The van der Waals surface area contributed by atoms with Gasteiger partial charge in [0.15, 0.2) is 11.5 Å². The van der Waals surface area contributed by atoms with E-state index in [1.54, 1.807) is 0 Å². The molecule has 6 nitrogen and oxygen atoms in total. The molecule has 2 atom stereocenters. The molecule has 1 amide bonds. The number of carbonyl (C=O) groups excluding carboxylic acids is 1. The SMILES string of the molecule is O=C(CN1CCC2CCC(C1)N2)Nc1ccc2c(c1)OCO2. The number of rotatable bonds is 3. The minimum Gasteiger partial charge on any atom is -0.454 e. The summed E-state index contributed by atoms with van der Waals surface area (Å²) in [5.41, 5.74) is 0.753. The largest absolute Gasteiger partial charge is 0.454 e. The minimum absolute atomic E-state index is 0.0247. The van der Waals surface area contributed by atoms with Crippen LogP contribution < -0.4 is 20.1 Å². The normalized spacial score (nSPS) is 26.7. The Labute approximate surface area is 129 Å². The maximum Gasteiger partial charge on any atom is 0.238 e. The second kappa shape index (κ2) is 5.78. The summed E-state index contributed by atoms with van der Waals surface area (Å²) in [7, 11) is 0. The van der Waals surface area contributed by atoms with Crippen molar-refractivity contribution < 1.29 is 14.3 Å². The first-order valence-electron chi connectivity index (χ1n) is 7.94. The zero-order valence-corrected chi connectivity index (χ0v) is 12.5. The molecule has 0 saturated carbocycles. The summed E-state index contributed by atoms with van der Waals surface area (Å²) in [6.07, 6.45) is 3.64. The Hall–Kier alpha value is -1.79. The van der Waals surface area contributed by atoms with Crippen molar-refractivity contribution in [3.63, 3.8) is 0 Å². The lowest BCUT2D eigenvalue weighted by Gasteiger charge is -2.23. The molecule has 22 heavy (non-hydrogen) atoms. The summed E-state index contributed by atoms with van der Waals surface area (Å²) in [6.45, 7) is 2.64. The molecule has 1 aromatic carbocycles. The van der Waals surface area contributed by atoms with Gasteiger partial charge in [0.05, 0.1) is 6.54 Å². The Bertz CT molecular complexity index is 578. The lowest BCUT2D eigenvalue weighted by atomic mass is 10.1. The van der Waals surface area contributed by atoms with Gasteiger partial charge in [0.1, 0.15) is 0 Å². The lowest BCUT2D eigenvalue weighted by molar-refractivity contribution is -0.117. The molecule has 0 aromatic heterocycles. The summed E-state index contributed by atoms with van der Waals surface area (Å²) >= 11 is 0. The first-order valence-corrected chi connectivity index (χ1v) is 7.94. The van der Waals surface area contributed by atoms with Crippen molar-refractivity contribution in [2.75, 3.05) is 31.7 Å². The first kappa shape index (κ1) is 13.8. The van der Waals surface area contributed by atoms with E-state index in [-0.39, 0.29) is 12.7 Å². The zero-order valence-electron chi connectivity index (χ0n) is 12.5. The van der Waals surface area contributed by atoms with Crippen molar-refractivity contribution >= 4 is 11.6 Å². The second-order valence-corrected chi connectivity index (χ2v) is 6.28. The fourth-order valence-electron chi connectivity index (χ4n) is 3.54. The highest BCUT2D eigenvalue weighted by molar-refractivity contribution is 5.92. The van der Waals surface area contributed by atoms with Crippen molar-refractivity contribution in [3.8, 4) is 11.5 Å². The number of likely N-dealkylation sites (tertiary alicyclic amines) is 1. The summed E-state index contributed by atoms with van der Waals surface area (Å²) in [6, 6.07) is 6.67. The number of nitrogens with zero attached hydrogens (tertiary/aromatic N) is 1. The highest BCUT2D eigenvalue weighted by Gasteiger charge is 2.29. The number of carbonyl (C=O) groups is 1. The van der Waals surface area contributed by atoms with Crippen LogP contribution in [0.25, 0.3) is 0 Å². The minimum atomic E-state index is 0.0247. The molecular formula is C16H21N3O3. The van der Waals surface area contributed by atoms with Crippen LogP contribution in [-0.4, -0.2) is 49.3 Å². The van der Waals surface area contributed by atoms with Gasteiger partial charge in [-0.05, 0) is 31.4 Å². The van der Waals surface area contributed by atoms with Crippen LogP contribution in [0.1, 0.15) is 19.3 Å². The molecule has 3 heterocycles. The molecule has 3 aliphatic heterocycles. The van der Waals surface area contributed by atoms with Gasteiger partial charge in [0, 0.05) is 36.9 Å². The van der Waals surface area contributed by atoms with Crippen LogP contribution >= 0.6 is 0 Å². The van der Waals surface area contributed by atoms with E-state index in [0.717, 1.165) is 30.9 Å². The average Bonchev–Trinajstić information content (AvgIpc) is 3.07. The van der Waals surface area contributed by atoms with Gasteiger partial charge in [-0.1, -0.05) is 0 Å². The molecule has 0 radical (unpaired) electrons. The van der Waals surface area contributed by atoms with Crippen LogP contribution in [0.2, 0.25) is 0 Å². The zero-order chi connectivity index (χ0) is 14.9. The van der Waals surface area contributed by atoms with E-state index < -0.39 is 0 Å². The predicted octanol–water partition coefficient (Wildman–Crippen LogP) is 1.18. The van der Waals surface area contributed by atoms with Crippen LogP contribution in [-0.2, 0) is 4.79 Å². The molecule has 3 aliphatic rings. The molecule has 2 saturated heterocycles. The van der Waals surface area contributed by atoms with Crippen LogP contribution in [0.3, 0.4) is 0 Å². The van der Waals surface area contributed by atoms with E-state index in [1.165, 1.54) is 12.8 Å². The standard InChI is InChI=1S/C16H21N3O3/c20-16(9-19-6-5-11-1-2-13(8-19)17-11)18-12-3-4-14-15(7-12)22-10-21-14/h3-4,7,11,13,17H,1-2,5-6,8-10H2,(H,18,20). The predicted molar refractivity (Wildman–Crippen MR) is 82.2 cm³/mol. The highest BCUT2D eigenvalue weighted by Crippen LogP contribution is 2.34. The van der Waals surface area contributed by atoms with E-state index >= 15 is 0 Å². The number of anilines is 1. The maximum atomic E-state index is 12.3. The van der Waals surface area contributed by atoms with Gasteiger partial charge >= 0.3 is 0 Å². The summed E-state index contributed by atoms with van der Waals surface area (Å²) in [5.74, 6) is 1.44. The molecule has 2 unspecified atom stereocenters. The number of hydrogen-bond acceptors (Lipinski definition) is 5. The number of fused-ring (bicyclic) bond motifs is 3. The van der Waals surface area contributed by atoms with Gasteiger partial charge in [-0.15, -0.1) is 0 Å². The molecule has 4 rings (SSSR count). The van der Waals surface area contributed by atoms with Crippen LogP contribution in [0.5, 0.6) is 11.5 Å². The molecule has 118 valence electrons. The third-order valence-corrected chi connectivity index (χ3v) is 4.63. The lowest BCUT2D eigenvalue weighted by Crippen LogP contribution is -2.39. The number of nitrogens with one attached hydrogen (secondary N) is 2. The average molecular weight is 303 g/mol. The van der Waals surface area contributed by atoms with Gasteiger partial charge in [-0.3, -0.25) is 9.69 Å². The number of amides is 1. The molecule has 6 heteroatoms. The smallest absolute Gasteiger partial charge is 0.238 e. The Morgan fingerprint density at radius 3 is 3.05 bits per heavy atom. The van der Waals surface area contributed by atoms with E-state index in [1.807, 2.05) is 18.2 Å². The van der Waals surface area contributed by atoms with Gasteiger partial charge < -0.3 is 20.1 Å². The third kappa shape index (κ3) is 2.89. The van der Waals surface area contributed by atoms with Crippen molar-refractivity contribution in [3.05, 3.63) is 18.2 Å². The monoisotopic (exact) mass is 303 g/mol. The quantitative estimate of drug-likeness (QED) is 0.878. The topological polar surface area (TPSA) is 62.8 Å². The second-order valence-electron chi connectivity index (χ2n) is 6.28. The number of ether oxygens (including phenoxy) is 2. The van der Waals surface area contributed by atoms with Gasteiger partial charge in [-0.25, -0.2) is 0 Å². The Kier molecular flexibility index (Phi) is 3.63. The molecule has 2 N–H and O–H groups in total. The first-order chi connectivity index (χ1) is 10.8. The number of benzene rings is 1. The van der Waals surface area contributed by atoms with E-state index in [9.17, 15) is 4.79 Å². The van der Waals surface area contributed by atoms with Crippen LogP contribution in [0.4, 0.5) is 5.69 Å². The van der Waals surface area contributed by atoms with Crippen molar-refractivity contribution in [2.45, 2.75) is 31.3 Å². The molecule has 0 aliphatic carbocycles. The van der Waals surface area contributed by atoms with E-state index in [4.69, 9.17) is 9.47 Å². The Balaban J connectivity index is 1.34. The van der Waals surface area contributed by atoms with Gasteiger partial charge in [0.2, 0.25) is 12.7 Å². The summed E-state index contributed by atoms with van der Waals surface area (Å²) in [4.78, 5) is 14.5. The summed E-state index contributed by atoms with van der Waals surface area (Å²) in [5, 5.41) is 6.58. The van der Waals surface area contributed by atoms with Gasteiger partial charge in [0.25, 0.3) is 0 Å². The van der Waals surface area contributed by atoms with Crippen molar-refractivity contribution in [2.24, 2.45) is 0 Å². The maximum absolute atomic E-state index is 12.3.